The maximum absolute atomic E-state index is 12.3. The Kier molecular flexibility index (Phi) is 7.57. The second kappa shape index (κ2) is 8.68. The van der Waals surface area contributed by atoms with Crippen LogP contribution in [0.15, 0.2) is 24.3 Å². The standard InChI is InChI=1S/C8H10FN.C3H2N2/c1-10-6-7-2-4-8(9)5-3-7;4-2-1-3-5/h2-5,10H,6H2,1H3;1H2. The molecule has 0 amide bonds. The Labute approximate surface area is 88.8 Å². The Morgan fingerprint density at radius 2 is 1.73 bits per heavy atom. The van der Waals surface area contributed by atoms with Crippen LogP contribution in [-0.2, 0) is 6.54 Å². The molecule has 0 saturated heterocycles. The van der Waals surface area contributed by atoms with Gasteiger partial charge < -0.3 is 5.32 Å². The van der Waals surface area contributed by atoms with Crippen LogP contribution in [-0.4, -0.2) is 7.05 Å². The van der Waals surface area contributed by atoms with E-state index in [0.29, 0.717) is 0 Å². The Bertz CT molecular complexity index is 334. The maximum atomic E-state index is 12.3. The third-order valence-corrected chi connectivity index (χ3v) is 1.45. The van der Waals surface area contributed by atoms with Crippen LogP contribution in [0.2, 0.25) is 0 Å². The quantitative estimate of drug-likeness (QED) is 0.802. The Morgan fingerprint density at radius 1 is 1.20 bits per heavy atom. The highest BCUT2D eigenvalue weighted by Crippen LogP contribution is 2.01. The van der Waals surface area contributed by atoms with Crippen molar-refractivity contribution >= 4 is 0 Å². The Morgan fingerprint density at radius 3 is 2.07 bits per heavy atom. The number of rotatable bonds is 2. The van der Waals surface area contributed by atoms with Crippen LogP contribution in [0.1, 0.15) is 12.0 Å². The highest BCUT2D eigenvalue weighted by atomic mass is 19.1. The van der Waals surface area contributed by atoms with Gasteiger partial charge >= 0.3 is 0 Å². The Hall–Kier alpha value is -1.91. The van der Waals surface area contributed by atoms with Crippen LogP contribution in [0.5, 0.6) is 0 Å². The summed E-state index contributed by atoms with van der Waals surface area (Å²) in [6.45, 7) is 0.792. The van der Waals surface area contributed by atoms with Gasteiger partial charge in [0.1, 0.15) is 12.2 Å². The van der Waals surface area contributed by atoms with E-state index in [1.54, 1.807) is 24.3 Å². The second-order valence-corrected chi connectivity index (χ2v) is 2.65. The molecule has 15 heavy (non-hydrogen) atoms. The molecule has 1 aromatic rings. The van der Waals surface area contributed by atoms with Crippen LogP contribution in [0.3, 0.4) is 0 Å². The fourth-order valence-corrected chi connectivity index (χ4v) is 0.842. The number of hydrogen-bond donors (Lipinski definition) is 1. The summed E-state index contributed by atoms with van der Waals surface area (Å²) in [5.74, 6) is -0.181. The lowest BCUT2D eigenvalue weighted by atomic mass is 10.2. The number of halogens is 1. The largest absolute Gasteiger partial charge is 0.316 e. The van der Waals surface area contributed by atoms with Gasteiger partial charge in [0, 0.05) is 6.54 Å². The second-order valence-electron chi connectivity index (χ2n) is 2.65. The first-order valence-corrected chi connectivity index (χ1v) is 4.37. The van der Waals surface area contributed by atoms with E-state index in [1.807, 2.05) is 7.05 Å². The van der Waals surface area contributed by atoms with Crippen LogP contribution >= 0.6 is 0 Å². The molecule has 0 aliphatic heterocycles. The lowest BCUT2D eigenvalue weighted by Gasteiger charge is -1.97. The molecule has 0 bridgehead atoms. The van der Waals surface area contributed by atoms with E-state index < -0.39 is 0 Å². The SMILES string of the molecule is CNCc1ccc(F)cc1.N#CCC#N. The molecule has 78 valence electrons. The van der Waals surface area contributed by atoms with Crippen molar-refractivity contribution in [3.63, 3.8) is 0 Å². The summed E-state index contributed by atoms with van der Waals surface area (Å²) in [4.78, 5) is 0. The Balaban J connectivity index is 0.000000336. The first kappa shape index (κ1) is 13.1. The highest BCUT2D eigenvalue weighted by molar-refractivity contribution is 5.15. The summed E-state index contributed by atoms with van der Waals surface area (Å²) in [5, 5.41) is 18.2. The van der Waals surface area contributed by atoms with Crippen molar-refractivity contribution in [1.29, 1.82) is 10.5 Å². The van der Waals surface area contributed by atoms with Gasteiger partial charge in [0.15, 0.2) is 0 Å². The predicted octanol–water partition coefficient (Wildman–Crippen LogP) is 1.97. The molecule has 3 nitrogen and oxygen atoms in total. The fraction of sp³-hybridized carbons (Fsp3) is 0.273. The van der Waals surface area contributed by atoms with Gasteiger partial charge in [0.2, 0.25) is 0 Å². The third-order valence-electron chi connectivity index (χ3n) is 1.45. The fourth-order valence-electron chi connectivity index (χ4n) is 0.842. The average Bonchev–Trinajstić information content (AvgIpc) is 2.24. The van der Waals surface area contributed by atoms with Gasteiger partial charge in [-0.25, -0.2) is 4.39 Å². The van der Waals surface area contributed by atoms with Crippen molar-refractivity contribution in [3.05, 3.63) is 35.6 Å². The summed E-state index contributed by atoms with van der Waals surface area (Å²) in [5.41, 5.74) is 1.10. The molecule has 0 atom stereocenters. The molecule has 1 aromatic carbocycles. The smallest absolute Gasteiger partial charge is 0.123 e. The minimum absolute atomic E-state index is 0. The number of hydrogen-bond acceptors (Lipinski definition) is 3. The zero-order valence-electron chi connectivity index (χ0n) is 8.50. The molecule has 0 radical (unpaired) electrons. The number of nitrogens with zero attached hydrogens (tertiary/aromatic N) is 2. The van der Waals surface area contributed by atoms with E-state index in [1.165, 1.54) is 12.1 Å². The third kappa shape index (κ3) is 7.18. The topological polar surface area (TPSA) is 59.6 Å². The zero-order chi connectivity index (χ0) is 11.5. The van der Waals surface area contributed by atoms with Crippen LogP contribution in [0.4, 0.5) is 4.39 Å². The van der Waals surface area contributed by atoms with Crippen molar-refractivity contribution in [3.8, 4) is 12.1 Å². The molecule has 0 fully saturated rings. The lowest BCUT2D eigenvalue weighted by Crippen LogP contribution is -2.04. The number of benzene rings is 1. The zero-order valence-corrected chi connectivity index (χ0v) is 8.50. The molecular weight excluding hydrogens is 193 g/mol. The number of nitriles is 2. The van der Waals surface area contributed by atoms with E-state index >= 15 is 0 Å². The summed E-state index contributed by atoms with van der Waals surface area (Å²) >= 11 is 0. The lowest BCUT2D eigenvalue weighted by molar-refractivity contribution is 0.626. The maximum Gasteiger partial charge on any atom is 0.123 e. The summed E-state index contributed by atoms with van der Waals surface area (Å²) in [6, 6.07) is 9.78. The average molecular weight is 205 g/mol. The van der Waals surface area contributed by atoms with Crippen LogP contribution in [0, 0.1) is 28.5 Å². The van der Waals surface area contributed by atoms with Gasteiger partial charge in [-0.05, 0) is 24.7 Å². The predicted molar refractivity (Wildman–Crippen MR) is 55.0 cm³/mol. The van der Waals surface area contributed by atoms with E-state index in [4.69, 9.17) is 10.5 Å². The first-order chi connectivity index (χ1) is 7.24. The van der Waals surface area contributed by atoms with Crippen molar-refractivity contribution < 1.29 is 4.39 Å². The van der Waals surface area contributed by atoms with Crippen molar-refractivity contribution in [2.45, 2.75) is 13.0 Å². The van der Waals surface area contributed by atoms with Crippen molar-refractivity contribution in [1.82, 2.24) is 5.32 Å². The normalized spacial score (nSPS) is 8.00. The molecule has 0 spiro atoms. The van der Waals surface area contributed by atoms with Gasteiger partial charge in [0.25, 0.3) is 0 Å². The van der Waals surface area contributed by atoms with Crippen LogP contribution in [0.25, 0.3) is 0 Å². The minimum Gasteiger partial charge on any atom is -0.316 e. The van der Waals surface area contributed by atoms with Gasteiger partial charge in [-0.1, -0.05) is 12.1 Å². The van der Waals surface area contributed by atoms with Crippen molar-refractivity contribution in [2.75, 3.05) is 7.05 Å². The van der Waals surface area contributed by atoms with E-state index in [-0.39, 0.29) is 12.2 Å². The van der Waals surface area contributed by atoms with Crippen LogP contribution < -0.4 is 5.32 Å². The molecule has 4 heteroatoms. The molecule has 0 aliphatic carbocycles. The summed E-state index contributed by atoms with van der Waals surface area (Å²) in [7, 11) is 1.86. The molecular formula is C11H12FN3. The molecule has 1 N–H and O–H groups in total. The molecule has 1 rings (SSSR count). The monoisotopic (exact) mass is 205 g/mol. The van der Waals surface area contributed by atoms with Crippen molar-refractivity contribution in [2.24, 2.45) is 0 Å². The minimum atomic E-state index is -0.181. The van der Waals surface area contributed by atoms with Gasteiger partial charge in [-0.3, -0.25) is 0 Å². The van der Waals surface area contributed by atoms with Gasteiger partial charge in [0.05, 0.1) is 12.1 Å². The number of nitrogens with one attached hydrogen (secondary N) is 1. The van der Waals surface area contributed by atoms with E-state index in [2.05, 4.69) is 5.32 Å². The molecule has 0 aromatic heterocycles. The molecule has 0 aliphatic rings. The molecule has 0 heterocycles. The van der Waals surface area contributed by atoms with Gasteiger partial charge in [-0.2, -0.15) is 10.5 Å². The molecule has 0 unspecified atom stereocenters. The summed E-state index contributed by atoms with van der Waals surface area (Å²) < 4.78 is 12.3. The highest BCUT2D eigenvalue weighted by Gasteiger charge is 1.89. The van der Waals surface area contributed by atoms with Gasteiger partial charge in [-0.15, -0.1) is 0 Å². The van der Waals surface area contributed by atoms with E-state index in [0.717, 1.165) is 12.1 Å². The summed E-state index contributed by atoms with van der Waals surface area (Å²) in [6.07, 6.45) is 0. The molecule has 0 saturated carbocycles. The van der Waals surface area contributed by atoms with E-state index in [9.17, 15) is 4.39 Å². The first-order valence-electron chi connectivity index (χ1n) is 4.37.